The van der Waals surface area contributed by atoms with Crippen molar-refractivity contribution in [2.75, 3.05) is 13.1 Å². The molecule has 8 heteroatoms. The molecule has 0 N–H and O–H groups in total. The summed E-state index contributed by atoms with van der Waals surface area (Å²) < 4.78 is 45.1. The number of ketones is 1. The van der Waals surface area contributed by atoms with Gasteiger partial charge in [0.05, 0.1) is 10.8 Å². The van der Waals surface area contributed by atoms with Crippen LogP contribution in [-0.2, 0) is 14.8 Å². The van der Waals surface area contributed by atoms with Crippen molar-refractivity contribution in [2.24, 2.45) is 5.92 Å². The third kappa shape index (κ3) is 4.45. The van der Waals surface area contributed by atoms with Crippen LogP contribution in [-0.4, -0.2) is 37.6 Å². The fraction of sp³-hybridized carbons (Fsp3) is 0.300. The number of piperidine rings is 1. The van der Waals surface area contributed by atoms with E-state index >= 15 is 0 Å². The monoisotopic (exact) mass is 405 g/mol. The molecule has 2 aromatic carbocycles. The van der Waals surface area contributed by atoms with Crippen LogP contribution in [0.25, 0.3) is 0 Å². The number of benzene rings is 2. The van der Waals surface area contributed by atoms with E-state index in [1.807, 2.05) is 0 Å². The van der Waals surface area contributed by atoms with Crippen LogP contribution >= 0.6 is 0 Å². The van der Waals surface area contributed by atoms with Crippen molar-refractivity contribution >= 4 is 21.8 Å². The van der Waals surface area contributed by atoms with Gasteiger partial charge in [0.25, 0.3) is 0 Å². The summed E-state index contributed by atoms with van der Waals surface area (Å²) in [5.74, 6) is -1.43. The fourth-order valence-corrected chi connectivity index (χ4v) is 4.59. The first-order valence-corrected chi connectivity index (χ1v) is 10.3. The third-order valence-electron chi connectivity index (χ3n) is 4.65. The maximum Gasteiger partial charge on any atom is 0.315 e. The number of carbonyl (C=O) groups excluding carboxylic acids is 2. The van der Waals surface area contributed by atoms with E-state index in [1.165, 1.54) is 35.5 Å². The number of rotatable bonds is 5. The second-order valence-electron chi connectivity index (χ2n) is 6.66. The van der Waals surface area contributed by atoms with Gasteiger partial charge in [-0.25, -0.2) is 12.8 Å². The minimum Gasteiger partial charge on any atom is -0.426 e. The van der Waals surface area contributed by atoms with Crippen molar-refractivity contribution in [3.05, 3.63) is 59.9 Å². The highest BCUT2D eigenvalue weighted by atomic mass is 32.2. The summed E-state index contributed by atoms with van der Waals surface area (Å²) in [6, 6.07) is 10.8. The van der Waals surface area contributed by atoms with Gasteiger partial charge in [0.15, 0.2) is 5.78 Å². The second kappa shape index (κ2) is 8.20. The number of Topliss-reactive ketones (excluding diaryl/α,β-unsaturated/α-hetero) is 1. The molecule has 28 heavy (non-hydrogen) atoms. The Morgan fingerprint density at radius 3 is 2.32 bits per heavy atom. The zero-order valence-corrected chi connectivity index (χ0v) is 16.1. The van der Waals surface area contributed by atoms with Gasteiger partial charge in [-0.15, -0.1) is 0 Å². The zero-order chi connectivity index (χ0) is 20.3. The minimum absolute atomic E-state index is 0.00404. The molecule has 3 rings (SSSR count). The van der Waals surface area contributed by atoms with E-state index in [1.54, 1.807) is 12.1 Å². The summed E-state index contributed by atoms with van der Waals surface area (Å²) >= 11 is 0. The lowest BCUT2D eigenvalue weighted by Gasteiger charge is -2.30. The van der Waals surface area contributed by atoms with Crippen molar-refractivity contribution in [2.45, 2.75) is 24.7 Å². The molecule has 0 bridgehead atoms. The maximum atomic E-state index is 13.1. The highest BCUT2D eigenvalue weighted by molar-refractivity contribution is 7.89. The molecule has 2 aromatic rings. The highest BCUT2D eigenvalue weighted by Crippen LogP contribution is 2.25. The van der Waals surface area contributed by atoms with Gasteiger partial charge in [0, 0.05) is 18.7 Å². The largest absolute Gasteiger partial charge is 0.426 e. The van der Waals surface area contributed by atoms with Crippen LogP contribution in [0.3, 0.4) is 0 Å². The number of hydrogen-bond donors (Lipinski definition) is 0. The Balaban J connectivity index is 1.69. The summed E-state index contributed by atoms with van der Waals surface area (Å²) in [4.78, 5) is 23.8. The SMILES string of the molecule is CC(=O)c1ccc(OC(=O)[C@@H]2CCCN(S(=O)(=O)c3ccc(F)cc3)C2)cc1. The number of hydrogen-bond acceptors (Lipinski definition) is 5. The summed E-state index contributed by atoms with van der Waals surface area (Å²) in [5.41, 5.74) is 0.508. The number of ether oxygens (including phenoxy) is 1. The van der Waals surface area contributed by atoms with E-state index in [2.05, 4.69) is 0 Å². The first-order chi connectivity index (χ1) is 13.3. The standard InChI is InChI=1S/C20H20FNO5S/c1-14(23)15-4-8-18(9-5-15)27-20(24)16-3-2-12-22(13-16)28(25,26)19-10-6-17(21)7-11-19/h4-11,16H,2-3,12-13H2,1H3/t16-/m1/s1. The van der Waals surface area contributed by atoms with Crippen LogP contribution in [0.15, 0.2) is 53.4 Å². The quantitative estimate of drug-likeness (QED) is 0.434. The van der Waals surface area contributed by atoms with Crippen LogP contribution in [0.2, 0.25) is 0 Å². The van der Waals surface area contributed by atoms with Crippen molar-refractivity contribution in [3.63, 3.8) is 0 Å². The molecular formula is C20H20FNO5S. The molecule has 0 amide bonds. The predicted octanol–water partition coefficient (Wildman–Crippen LogP) is 3.03. The molecule has 0 radical (unpaired) electrons. The van der Waals surface area contributed by atoms with E-state index in [0.717, 1.165) is 12.1 Å². The number of halogens is 1. The number of carbonyl (C=O) groups is 2. The van der Waals surface area contributed by atoms with Crippen LogP contribution in [0.1, 0.15) is 30.1 Å². The van der Waals surface area contributed by atoms with Crippen LogP contribution < -0.4 is 4.74 Å². The van der Waals surface area contributed by atoms with E-state index < -0.39 is 27.7 Å². The Morgan fingerprint density at radius 2 is 1.71 bits per heavy atom. The lowest BCUT2D eigenvalue weighted by Crippen LogP contribution is -2.43. The molecular weight excluding hydrogens is 385 g/mol. The van der Waals surface area contributed by atoms with Gasteiger partial charge >= 0.3 is 5.97 Å². The molecule has 1 aliphatic heterocycles. The zero-order valence-electron chi connectivity index (χ0n) is 15.3. The summed E-state index contributed by atoms with van der Waals surface area (Å²) in [7, 11) is -3.81. The molecule has 1 fully saturated rings. The first-order valence-electron chi connectivity index (χ1n) is 8.86. The molecule has 0 aromatic heterocycles. The highest BCUT2D eigenvalue weighted by Gasteiger charge is 2.34. The first kappa shape index (κ1) is 20.2. The molecule has 0 unspecified atom stereocenters. The van der Waals surface area contributed by atoms with Gasteiger partial charge in [-0.3, -0.25) is 9.59 Å². The molecule has 1 aliphatic rings. The van der Waals surface area contributed by atoms with Gasteiger partial charge in [-0.2, -0.15) is 4.31 Å². The summed E-state index contributed by atoms with van der Waals surface area (Å²) in [5, 5.41) is 0. The van der Waals surface area contributed by atoms with E-state index in [4.69, 9.17) is 4.74 Å². The molecule has 0 aliphatic carbocycles. The van der Waals surface area contributed by atoms with Crippen LogP contribution in [0.4, 0.5) is 4.39 Å². The molecule has 0 spiro atoms. The van der Waals surface area contributed by atoms with Crippen molar-refractivity contribution in [3.8, 4) is 5.75 Å². The molecule has 0 saturated carbocycles. The molecule has 1 saturated heterocycles. The maximum absolute atomic E-state index is 13.1. The molecule has 1 atom stereocenters. The smallest absolute Gasteiger partial charge is 0.315 e. The lowest BCUT2D eigenvalue weighted by molar-refractivity contribution is -0.140. The number of nitrogens with zero attached hydrogens (tertiary/aromatic N) is 1. The van der Waals surface area contributed by atoms with Gasteiger partial charge in [0.1, 0.15) is 11.6 Å². The molecule has 6 nitrogen and oxygen atoms in total. The Labute approximate surface area is 163 Å². The number of sulfonamides is 1. The average Bonchev–Trinajstić information content (AvgIpc) is 2.69. The third-order valence-corrected chi connectivity index (χ3v) is 6.53. The van der Waals surface area contributed by atoms with E-state index in [9.17, 15) is 22.4 Å². The van der Waals surface area contributed by atoms with Crippen LogP contribution in [0.5, 0.6) is 5.75 Å². The van der Waals surface area contributed by atoms with Crippen molar-refractivity contribution in [1.29, 1.82) is 0 Å². The summed E-state index contributed by atoms with van der Waals surface area (Å²) in [6.45, 7) is 1.74. The predicted molar refractivity (Wildman–Crippen MR) is 100.0 cm³/mol. The van der Waals surface area contributed by atoms with E-state index in [-0.39, 0.29) is 23.8 Å². The van der Waals surface area contributed by atoms with E-state index in [0.29, 0.717) is 24.2 Å². The Kier molecular flexibility index (Phi) is 5.90. The number of esters is 1. The average molecular weight is 405 g/mol. The van der Waals surface area contributed by atoms with Gasteiger partial charge in [-0.05, 0) is 68.3 Å². The van der Waals surface area contributed by atoms with Gasteiger partial charge in [0.2, 0.25) is 10.0 Å². The minimum atomic E-state index is -3.81. The molecule has 148 valence electrons. The van der Waals surface area contributed by atoms with Gasteiger partial charge in [-0.1, -0.05) is 0 Å². The summed E-state index contributed by atoms with van der Waals surface area (Å²) in [6.07, 6.45) is 1.03. The lowest BCUT2D eigenvalue weighted by atomic mass is 10.00. The van der Waals surface area contributed by atoms with Crippen molar-refractivity contribution < 1.29 is 27.1 Å². The Morgan fingerprint density at radius 1 is 1.07 bits per heavy atom. The molecule has 1 heterocycles. The van der Waals surface area contributed by atoms with Crippen molar-refractivity contribution in [1.82, 2.24) is 4.31 Å². The van der Waals surface area contributed by atoms with Gasteiger partial charge < -0.3 is 4.74 Å². The fourth-order valence-electron chi connectivity index (χ4n) is 3.07. The Hall–Kier alpha value is -2.58. The topological polar surface area (TPSA) is 80.8 Å². The Bertz CT molecular complexity index is 971. The normalized spacial score (nSPS) is 17.9. The van der Waals surface area contributed by atoms with Crippen LogP contribution in [0, 0.1) is 11.7 Å². The second-order valence-corrected chi connectivity index (χ2v) is 8.60.